The Morgan fingerprint density at radius 2 is 1.87 bits per heavy atom. The largest absolute Gasteiger partial charge is 0.384 e. The molecule has 7 nitrogen and oxygen atoms in total. The van der Waals surface area contributed by atoms with E-state index in [-0.39, 0.29) is 37.3 Å². The molecular weight excluding hydrogens is 459 g/mol. The van der Waals surface area contributed by atoms with Gasteiger partial charge >= 0.3 is 0 Å². The van der Waals surface area contributed by atoms with E-state index in [2.05, 4.69) is 9.97 Å². The summed E-state index contributed by atoms with van der Waals surface area (Å²) >= 11 is 12.3. The van der Waals surface area contributed by atoms with E-state index in [1.807, 2.05) is 18.2 Å². The van der Waals surface area contributed by atoms with Crippen molar-refractivity contribution < 1.29 is 13.2 Å². The van der Waals surface area contributed by atoms with E-state index >= 15 is 0 Å². The molecule has 0 amide bonds. The Hall–Kier alpha value is -2.39. The molecule has 2 N–H and O–H groups in total. The third kappa shape index (κ3) is 3.43. The summed E-state index contributed by atoms with van der Waals surface area (Å²) in [6.07, 6.45) is 1.74. The normalized spacial score (nSPS) is 17.0. The predicted octanol–water partition coefficient (Wildman–Crippen LogP) is 4.49. The van der Waals surface area contributed by atoms with Crippen LogP contribution in [0, 0.1) is 0 Å². The molecule has 1 atom stereocenters. The van der Waals surface area contributed by atoms with Crippen LogP contribution in [-0.2, 0) is 21.1 Å². The van der Waals surface area contributed by atoms with Crippen molar-refractivity contribution in [2.75, 3.05) is 12.3 Å². The highest BCUT2D eigenvalue weighted by atomic mass is 35.5. The number of hydrogen-bond donors (Lipinski definition) is 1. The number of anilines is 1. The number of para-hydroxylation sites is 2. The molecular formula is C21H18Cl2N4O3S. The number of halogens is 2. The van der Waals surface area contributed by atoms with Crippen molar-refractivity contribution >= 4 is 61.1 Å². The minimum absolute atomic E-state index is 0.0526. The molecule has 5 rings (SSSR count). The van der Waals surface area contributed by atoms with E-state index in [0.29, 0.717) is 29.8 Å². The fourth-order valence-electron chi connectivity index (χ4n) is 3.92. The van der Waals surface area contributed by atoms with Crippen LogP contribution in [0.15, 0.2) is 52.3 Å². The number of hydrogen-bond acceptors (Lipinski definition) is 6. The maximum absolute atomic E-state index is 13.7. The summed E-state index contributed by atoms with van der Waals surface area (Å²) in [5, 5.41) is 0.304. The van der Waals surface area contributed by atoms with Gasteiger partial charge < -0.3 is 15.0 Å². The first-order valence-electron chi connectivity index (χ1n) is 9.72. The SMILES string of the molecule is Nc1c(S(=O)(=O)c2cc(Cl)ccc2Cl)c2nc3ccccc3nc2n1C[C@H]1CCCO1. The number of nitrogens with zero attached hydrogens (tertiary/aromatic N) is 3. The predicted molar refractivity (Wildman–Crippen MR) is 120 cm³/mol. The number of rotatable bonds is 4. The van der Waals surface area contributed by atoms with Crippen LogP contribution < -0.4 is 5.73 Å². The molecule has 0 radical (unpaired) electrons. The van der Waals surface area contributed by atoms with Crippen molar-refractivity contribution in [2.45, 2.75) is 35.3 Å². The van der Waals surface area contributed by atoms with Crippen molar-refractivity contribution in [3.63, 3.8) is 0 Å². The van der Waals surface area contributed by atoms with E-state index < -0.39 is 9.84 Å². The lowest BCUT2D eigenvalue weighted by molar-refractivity contribution is 0.0983. The smallest absolute Gasteiger partial charge is 0.213 e. The molecule has 2 aromatic heterocycles. The van der Waals surface area contributed by atoms with Crippen molar-refractivity contribution in [2.24, 2.45) is 0 Å². The summed E-state index contributed by atoms with van der Waals surface area (Å²) in [7, 11) is -4.14. The minimum atomic E-state index is -4.14. The lowest BCUT2D eigenvalue weighted by atomic mass is 10.2. The number of aromatic nitrogens is 3. The topological polar surface area (TPSA) is 100 Å². The van der Waals surface area contributed by atoms with Crippen molar-refractivity contribution in [3.05, 3.63) is 52.5 Å². The van der Waals surface area contributed by atoms with Gasteiger partial charge in [0.15, 0.2) is 5.65 Å². The standard InChI is InChI=1S/C21H18Cl2N4O3S/c22-12-7-8-14(23)17(10-12)31(28,29)19-18-21(26-16-6-2-1-5-15(16)25-18)27(20(19)24)11-13-4-3-9-30-13/h1-2,5-8,10,13H,3-4,9,11,24H2/t13-/m1/s1. The first-order valence-corrected chi connectivity index (χ1v) is 12.0. The monoisotopic (exact) mass is 476 g/mol. The Bertz CT molecular complexity index is 1430. The first kappa shape index (κ1) is 20.5. The number of ether oxygens (including phenoxy) is 1. The van der Waals surface area contributed by atoms with Gasteiger partial charge in [0.25, 0.3) is 0 Å². The lowest BCUT2D eigenvalue weighted by Gasteiger charge is -2.13. The number of fused-ring (bicyclic) bond motifs is 2. The van der Waals surface area contributed by atoms with Gasteiger partial charge in [-0.2, -0.15) is 0 Å². The highest BCUT2D eigenvalue weighted by Crippen LogP contribution is 2.38. The van der Waals surface area contributed by atoms with Gasteiger partial charge in [0, 0.05) is 11.6 Å². The number of nitrogens with two attached hydrogens (primary N) is 1. The van der Waals surface area contributed by atoms with Crippen molar-refractivity contribution in [1.29, 1.82) is 0 Å². The Kier molecular flexibility index (Phi) is 5.05. The molecule has 1 saturated heterocycles. The van der Waals surface area contributed by atoms with Crippen LogP contribution in [0.25, 0.3) is 22.2 Å². The summed E-state index contributed by atoms with van der Waals surface area (Å²) in [6.45, 7) is 1.05. The van der Waals surface area contributed by atoms with E-state index in [1.165, 1.54) is 18.2 Å². The Morgan fingerprint density at radius 1 is 1.13 bits per heavy atom. The van der Waals surface area contributed by atoms with Crippen LogP contribution in [0.1, 0.15) is 12.8 Å². The van der Waals surface area contributed by atoms with Gasteiger partial charge in [-0.15, -0.1) is 0 Å². The second-order valence-electron chi connectivity index (χ2n) is 7.42. The number of nitrogen functional groups attached to an aromatic ring is 1. The van der Waals surface area contributed by atoms with E-state index in [4.69, 9.17) is 33.7 Å². The van der Waals surface area contributed by atoms with Gasteiger partial charge in [0.05, 0.1) is 33.6 Å². The maximum Gasteiger partial charge on any atom is 0.213 e. The Morgan fingerprint density at radius 3 is 2.58 bits per heavy atom. The van der Waals surface area contributed by atoms with Crippen LogP contribution in [0.5, 0.6) is 0 Å². The van der Waals surface area contributed by atoms with Crippen molar-refractivity contribution in [3.8, 4) is 0 Å². The van der Waals surface area contributed by atoms with Crippen molar-refractivity contribution in [1.82, 2.24) is 14.5 Å². The van der Waals surface area contributed by atoms with Crippen LogP contribution in [0.2, 0.25) is 10.0 Å². The van der Waals surface area contributed by atoms with Crippen LogP contribution in [0.3, 0.4) is 0 Å². The zero-order valence-electron chi connectivity index (χ0n) is 16.3. The molecule has 0 unspecified atom stereocenters. The van der Waals surface area contributed by atoms with Gasteiger partial charge in [0.2, 0.25) is 9.84 Å². The quantitative estimate of drug-likeness (QED) is 0.465. The molecule has 10 heteroatoms. The molecule has 1 fully saturated rings. The van der Waals surface area contributed by atoms with Gasteiger partial charge in [-0.05, 0) is 43.2 Å². The van der Waals surface area contributed by atoms with Crippen LogP contribution >= 0.6 is 23.2 Å². The second kappa shape index (κ2) is 7.63. The summed E-state index contributed by atoms with van der Waals surface area (Å²) in [5.41, 5.74) is 8.24. The molecule has 0 bridgehead atoms. The zero-order valence-corrected chi connectivity index (χ0v) is 18.6. The highest BCUT2D eigenvalue weighted by Gasteiger charge is 2.33. The number of sulfone groups is 1. The summed E-state index contributed by atoms with van der Waals surface area (Å²) in [5.74, 6) is 0.0526. The molecule has 0 aliphatic carbocycles. The number of benzene rings is 2. The minimum Gasteiger partial charge on any atom is -0.384 e. The van der Waals surface area contributed by atoms with Gasteiger partial charge in [0.1, 0.15) is 16.2 Å². The van der Waals surface area contributed by atoms with E-state index in [1.54, 1.807) is 10.6 Å². The molecule has 2 aromatic carbocycles. The summed E-state index contributed by atoms with van der Waals surface area (Å²) in [4.78, 5) is 9.06. The fourth-order valence-corrected chi connectivity index (χ4v) is 6.19. The first-order chi connectivity index (χ1) is 14.9. The average Bonchev–Trinajstić information content (AvgIpc) is 3.35. The van der Waals surface area contributed by atoms with E-state index in [9.17, 15) is 8.42 Å². The third-order valence-corrected chi connectivity index (χ3v) is 7.94. The van der Waals surface area contributed by atoms with Gasteiger partial charge in [-0.25, -0.2) is 18.4 Å². The molecule has 1 aliphatic rings. The maximum atomic E-state index is 13.7. The third-order valence-electron chi connectivity index (χ3n) is 5.41. The molecule has 0 spiro atoms. The van der Waals surface area contributed by atoms with Crippen LogP contribution in [-0.4, -0.2) is 35.7 Å². The zero-order chi connectivity index (χ0) is 21.8. The highest BCUT2D eigenvalue weighted by molar-refractivity contribution is 7.92. The summed E-state index contributed by atoms with van der Waals surface area (Å²) in [6, 6.07) is 11.6. The molecule has 160 valence electrons. The summed E-state index contributed by atoms with van der Waals surface area (Å²) < 4.78 is 34.8. The second-order valence-corrected chi connectivity index (χ2v) is 10.1. The van der Waals surface area contributed by atoms with E-state index in [0.717, 1.165) is 12.8 Å². The van der Waals surface area contributed by atoms with Gasteiger partial charge in [-0.3, -0.25) is 0 Å². The van der Waals surface area contributed by atoms with Gasteiger partial charge in [-0.1, -0.05) is 35.3 Å². The Balaban J connectivity index is 1.81. The average molecular weight is 477 g/mol. The lowest BCUT2D eigenvalue weighted by Crippen LogP contribution is -2.17. The molecule has 4 aromatic rings. The Labute approximate surface area is 188 Å². The van der Waals surface area contributed by atoms with Crippen LogP contribution in [0.4, 0.5) is 5.82 Å². The fraction of sp³-hybridized carbons (Fsp3) is 0.238. The molecule has 1 aliphatic heterocycles. The molecule has 0 saturated carbocycles. The molecule has 3 heterocycles. The molecule has 31 heavy (non-hydrogen) atoms.